The second-order valence-electron chi connectivity index (χ2n) is 8.81. The molecule has 0 aromatic heterocycles. The van der Waals surface area contributed by atoms with Gasteiger partial charge < -0.3 is 14.6 Å². The number of nitrogens with zero attached hydrogens (tertiary/aromatic N) is 1. The summed E-state index contributed by atoms with van der Waals surface area (Å²) in [6.07, 6.45) is 3.42. The van der Waals surface area contributed by atoms with Crippen LogP contribution in [0.5, 0.6) is 11.5 Å². The maximum Gasteiger partial charge on any atom is 0.317 e. The van der Waals surface area contributed by atoms with E-state index in [0.29, 0.717) is 32.5 Å². The number of hydrogen-bond donors (Lipinski definition) is 1. The molecule has 2 aliphatic rings. The van der Waals surface area contributed by atoms with E-state index in [9.17, 15) is 4.79 Å². The van der Waals surface area contributed by atoms with Crippen molar-refractivity contribution in [3.63, 3.8) is 0 Å². The largest absolute Gasteiger partial charge is 0.486 e. The first-order chi connectivity index (χ1) is 16.5. The van der Waals surface area contributed by atoms with E-state index in [2.05, 4.69) is 6.08 Å². The van der Waals surface area contributed by atoms with Crippen molar-refractivity contribution in [3.8, 4) is 11.5 Å². The number of carbonyl (C=O) groups is 1. The highest BCUT2D eigenvalue weighted by Gasteiger charge is 2.39. The first-order valence-electron chi connectivity index (χ1n) is 11.4. The lowest BCUT2D eigenvalue weighted by molar-refractivity contribution is -0.139. The highest BCUT2D eigenvalue weighted by atomic mass is 35.5. The minimum atomic E-state index is -0.827. The fraction of sp³-hybridized carbons (Fsp3) is 0.250. The number of aliphatic carboxylic acids is 1. The van der Waals surface area contributed by atoms with Gasteiger partial charge in [0.15, 0.2) is 11.6 Å². The van der Waals surface area contributed by atoms with Gasteiger partial charge in [-0.05, 0) is 41.0 Å². The summed E-state index contributed by atoms with van der Waals surface area (Å²) in [5.74, 6) is -0.266. The van der Waals surface area contributed by atoms with Crippen LogP contribution in [0, 0.1) is 5.82 Å². The van der Waals surface area contributed by atoms with Crippen molar-refractivity contribution in [3.05, 3.63) is 101 Å². The van der Waals surface area contributed by atoms with Crippen molar-refractivity contribution in [1.82, 2.24) is 4.90 Å². The third-order valence-electron chi connectivity index (χ3n) is 6.44. The van der Waals surface area contributed by atoms with E-state index in [1.807, 2.05) is 65.6 Å². The van der Waals surface area contributed by atoms with Gasteiger partial charge in [-0.1, -0.05) is 54.6 Å². The van der Waals surface area contributed by atoms with E-state index < -0.39 is 17.4 Å². The average Bonchev–Trinajstić information content (AvgIpc) is 2.85. The number of para-hydroxylation sites is 1. The van der Waals surface area contributed by atoms with Gasteiger partial charge in [-0.15, -0.1) is 12.4 Å². The van der Waals surface area contributed by atoms with Gasteiger partial charge in [-0.3, -0.25) is 9.69 Å². The first kappa shape index (κ1) is 24.8. The highest BCUT2D eigenvalue weighted by molar-refractivity contribution is 5.85. The Morgan fingerprint density at radius 3 is 2.46 bits per heavy atom. The zero-order valence-corrected chi connectivity index (χ0v) is 20.0. The standard InChI is InChI=1S/C28H26FNO4.ClH/c29-24-16-21(10-11-26(24)33-19-20-6-2-1-3-7-20)23-17-28(34-25-9-5-4-8-22(23)25)12-14-30(15-13-28)18-27(31)32;/h1-11,16-17H,12-15,18-19H2,(H,31,32);1H. The van der Waals surface area contributed by atoms with Crippen LogP contribution in [0.4, 0.5) is 4.39 Å². The SMILES string of the molecule is Cl.O=C(O)CN1CCC2(C=C(c3ccc(OCc4ccccc4)c(F)c3)c3ccccc3O2)CC1. The molecule has 0 unspecified atom stereocenters. The Kier molecular flexibility index (Phi) is 7.43. The van der Waals surface area contributed by atoms with Gasteiger partial charge in [0.2, 0.25) is 0 Å². The molecule has 5 nitrogen and oxygen atoms in total. The number of piperidine rings is 1. The molecule has 7 heteroatoms. The Morgan fingerprint density at radius 1 is 1.03 bits per heavy atom. The van der Waals surface area contributed by atoms with E-state index in [-0.39, 0.29) is 24.7 Å². The summed E-state index contributed by atoms with van der Waals surface area (Å²) in [7, 11) is 0. The predicted molar refractivity (Wildman–Crippen MR) is 135 cm³/mol. The van der Waals surface area contributed by atoms with Crippen molar-refractivity contribution in [1.29, 1.82) is 0 Å². The van der Waals surface area contributed by atoms with Crippen LogP contribution < -0.4 is 9.47 Å². The summed E-state index contributed by atoms with van der Waals surface area (Å²) < 4.78 is 27.2. The predicted octanol–water partition coefficient (Wildman–Crippen LogP) is 5.57. The Labute approximate surface area is 210 Å². The lowest BCUT2D eigenvalue weighted by Crippen LogP contribution is -2.49. The number of carboxylic acids is 1. The van der Waals surface area contributed by atoms with Crippen LogP contribution in [-0.4, -0.2) is 41.2 Å². The summed E-state index contributed by atoms with van der Waals surface area (Å²) >= 11 is 0. The van der Waals surface area contributed by atoms with Gasteiger partial charge in [0.1, 0.15) is 18.0 Å². The summed E-state index contributed by atoms with van der Waals surface area (Å²) in [6.45, 7) is 1.57. The van der Waals surface area contributed by atoms with Gasteiger partial charge in [0.25, 0.3) is 0 Å². The zero-order chi connectivity index (χ0) is 23.5. The average molecular weight is 496 g/mol. The molecule has 0 amide bonds. The molecule has 5 rings (SSSR count). The molecule has 1 saturated heterocycles. The number of halogens is 2. The second-order valence-corrected chi connectivity index (χ2v) is 8.81. The van der Waals surface area contributed by atoms with E-state index in [1.54, 1.807) is 6.07 Å². The molecule has 0 saturated carbocycles. The molecule has 3 aromatic carbocycles. The molecule has 2 aliphatic heterocycles. The van der Waals surface area contributed by atoms with Gasteiger partial charge >= 0.3 is 5.97 Å². The number of fused-ring (bicyclic) bond motifs is 1. The molecule has 35 heavy (non-hydrogen) atoms. The molecule has 182 valence electrons. The topological polar surface area (TPSA) is 59.0 Å². The van der Waals surface area contributed by atoms with Crippen molar-refractivity contribution in [2.75, 3.05) is 19.6 Å². The van der Waals surface area contributed by atoms with Crippen LogP contribution in [0.15, 0.2) is 78.9 Å². The number of ether oxygens (including phenoxy) is 2. The van der Waals surface area contributed by atoms with Crippen molar-refractivity contribution in [2.24, 2.45) is 0 Å². The quantitative estimate of drug-likeness (QED) is 0.484. The third-order valence-corrected chi connectivity index (χ3v) is 6.44. The van der Waals surface area contributed by atoms with Crippen LogP contribution in [-0.2, 0) is 11.4 Å². The van der Waals surface area contributed by atoms with Crippen molar-refractivity contribution < 1.29 is 23.8 Å². The Balaban J connectivity index is 0.00000289. The summed E-state index contributed by atoms with van der Waals surface area (Å²) in [4.78, 5) is 13.0. The Bertz CT molecular complexity index is 1220. The zero-order valence-electron chi connectivity index (χ0n) is 19.2. The van der Waals surface area contributed by atoms with E-state index >= 15 is 4.39 Å². The van der Waals surface area contributed by atoms with Gasteiger partial charge in [0.05, 0.1) is 6.54 Å². The third kappa shape index (κ3) is 5.50. The van der Waals surface area contributed by atoms with Gasteiger partial charge in [0, 0.05) is 31.5 Å². The smallest absolute Gasteiger partial charge is 0.317 e. The number of rotatable bonds is 6. The number of carboxylic acid groups (broad SMARTS) is 1. The molecule has 3 aromatic rings. The first-order valence-corrected chi connectivity index (χ1v) is 11.4. The summed E-state index contributed by atoms with van der Waals surface area (Å²) in [6, 6.07) is 22.5. The van der Waals surface area contributed by atoms with E-state index in [1.165, 1.54) is 6.07 Å². The highest BCUT2D eigenvalue weighted by Crippen LogP contribution is 2.43. The lowest BCUT2D eigenvalue weighted by Gasteiger charge is -2.42. The molecule has 1 N–H and O–H groups in total. The molecule has 2 heterocycles. The Hall–Kier alpha value is -3.35. The van der Waals surface area contributed by atoms with E-state index in [0.717, 1.165) is 28.0 Å². The molecule has 0 aliphatic carbocycles. The molecule has 0 atom stereocenters. The second kappa shape index (κ2) is 10.5. The molecular formula is C28H27ClFNO4. The number of likely N-dealkylation sites (tertiary alicyclic amines) is 1. The van der Waals surface area contributed by atoms with Crippen LogP contribution in [0.1, 0.15) is 29.5 Å². The van der Waals surface area contributed by atoms with Crippen molar-refractivity contribution >= 4 is 23.9 Å². The van der Waals surface area contributed by atoms with Crippen LogP contribution in [0.3, 0.4) is 0 Å². The van der Waals surface area contributed by atoms with Crippen LogP contribution in [0.25, 0.3) is 5.57 Å². The number of hydrogen-bond acceptors (Lipinski definition) is 4. The molecule has 1 fully saturated rings. The Morgan fingerprint density at radius 2 is 1.74 bits per heavy atom. The summed E-state index contributed by atoms with van der Waals surface area (Å²) in [5, 5.41) is 9.11. The monoisotopic (exact) mass is 495 g/mol. The van der Waals surface area contributed by atoms with Gasteiger partial charge in [-0.25, -0.2) is 4.39 Å². The summed E-state index contributed by atoms with van der Waals surface area (Å²) in [5.41, 5.74) is 3.02. The maximum absolute atomic E-state index is 15.0. The van der Waals surface area contributed by atoms with Crippen molar-refractivity contribution in [2.45, 2.75) is 25.0 Å². The minimum Gasteiger partial charge on any atom is -0.486 e. The lowest BCUT2D eigenvalue weighted by atomic mass is 9.83. The fourth-order valence-electron chi connectivity index (χ4n) is 4.65. The molecule has 1 spiro atoms. The van der Waals surface area contributed by atoms with Crippen LogP contribution >= 0.6 is 12.4 Å². The minimum absolute atomic E-state index is 0. The molecule has 0 bridgehead atoms. The maximum atomic E-state index is 15.0. The fourth-order valence-corrected chi connectivity index (χ4v) is 4.65. The normalized spacial score (nSPS) is 16.4. The molecular weight excluding hydrogens is 469 g/mol. The molecule has 0 radical (unpaired) electrons. The van der Waals surface area contributed by atoms with E-state index in [4.69, 9.17) is 14.6 Å². The number of benzene rings is 3. The van der Waals surface area contributed by atoms with Crippen LogP contribution in [0.2, 0.25) is 0 Å². The van der Waals surface area contributed by atoms with Gasteiger partial charge in [-0.2, -0.15) is 0 Å².